The number of likely N-dealkylation sites (tertiary alicyclic amines) is 1. The number of amides is 2. The predicted molar refractivity (Wildman–Crippen MR) is 96.0 cm³/mol. The summed E-state index contributed by atoms with van der Waals surface area (Å²) in [5, 5.41) is 10.9. The monoisotopic (exact) mass is 340 g/mol. The first-order chi connectivity index (χ1) is 12.1. The number of urea groups is 1. The minimum Gasteiger partial charge on any atom is -0.324 e. The summed E-state index contributed by atoms with van der Waals surface area (Å²) in [7, 11) is 0. The van der Waals surface area contributed by atoms with Crippen LogP contribution in [0.1, 0.15) is 24.5 Å². The van der Waals surface area contributed by atoms with Crippen LogP contribution in [0, 0.1) is 19.3 Å². The van der Waals surface area contributed by atoms with Crippen molar-refractivity contribution in [3.8, 4) is 5.69 Å². The molecular weight excluding hydrogens is 316 g/mol. The van der Waals surface area contributed by atoms with E-state index in [4.69, 9.17) is 0 Å². The molecule has 7 nitrogen and oxygen atoms in total. The van der Waals surface area contributed by atoms with Crippen LogP contribution in [-0.4, -0.2) is 51.9 Å². The average molecular weight is 340 g/mol. The molecule has 2 amide bonds. The van der Waals surface area contributed by atoms with Crippen molar-refractivity contribution in [3.05, 3.63) is 35.9 Å². The second kappa shape index (κ2) is 6.15. The third-order valence-electron chi connectivity index (χ3n) is 5.31. The van der Waals surface area contributed by atoms with Crippen LogP contribution in [0.5, 0.6) is 0 Å². The zero-order valence-electron chi connectivity index (χ0n) is 14.7. The summed E-state index contributed by atoms with van der Waals surface area (Å²) < 4.78 is 1.78. The summed E-state index contributed by atoms with van der Waals surface area (Å²) >= 11 is 0. The molecule has 0 radical (unpaired) electrons. The second-order valence-corrected chi connectivity index (χ2v) is 7.16. The number of para-hydroxylation sites is 2. The normalized spacial score (nSPS) is 22.7. The Bertz CT molecular complexity index is 793. The lowest BCUT2D eigenvalue weighted by molar-refractivity contribution is 0.215. The number of aryl methyl sites for hydroxylation is 2. The Morgan fingerprint density at radius 1 is 1.28 bits per heavy atom. The highest BCUT2D eigenvalue weighted by Crippen LogP contribution is 2.36. The summed E-state index contributed by atoms with van der Waals surface area (Å²) in [5.41, 5.74) is 1.87. The minimum atomic E-state index is -0.0364. The first-order valence-corrected chi connectivity index (χ1v) is 8.83. The van der Waals surface area contributed by atoms with Gasteiger partial charge in [0.1, 0.15) is 11.6 Å². The quantitative estimate of drug-likeness (QED) is 0.878. The van der Waals surface area contributed by atoms with E-state index in [-0.39, 0.29) is 11.4 Å². The first kappa shape index (κ1) is 16.1. The van der Waals surface area contributed by atoms with E-state index in [2.05, 4.69) is 20.7 Å². The lowest BCUT2D eigenvalue weighted by Gasteiger charge is -2.23. The van der Waals surface area contributed by atoms with Crippen molar-refractivity contribution in [2.45, 2.75) is 26.7 Å². The van der Waals surface area contributed by atoms with Crippen LogP contribution < -0.4 is 10.6 Å². The highest BCUT2D eigenvalue weighted by molar-refractivity contribution is 5.91. The number of carbonyl (C=O) groups is 1. The van der Waals surface area contributed by atoms with E-state index in [0.29, 0.717) is 5.82 Å². The Hall–Kier alpha value is -2.41. The van der Waals surface area contributed by atoms with Gasteiger partial charge in [-0.15, -0.1) is 0 Å². The third-order valence-corrected chi connectivity index (χ3v) is 5.31. The number of rotatable bonds is 2. The number of hydrogen-bond acceptors (Lipinski definition) is 4. The molecule has 3 heterocycles. The van der Waals surface area contributed by atoms with Crippen LogP contribution in [0.25, 0.3) is 5.69 Å². The molecule has 4 rings (SSSR count). The van der Waals surface area contributed by atoms with Gasteiger partial charge in [-0.1, -0.05) is 12.1 Å². The van der Waals surface area contributed by atoms with Crippen molar-refractivity contribution in [1.82, 2.24) is 25.0 Å². The van der Waals surface area contributed by atoms with Crippen molar-refractivity contribution in [1.29, 1.82) is 0 Å². The maximum atomic E-state index is 12.8. The van der Waals surface area contributed by atoms with Gasteiger partial charge < -0.3 is 15.5 Å². The van der Waals surface area contributed by atoms with Crippen molar-refractivity contribution in [3.63, 3.8) is 0 Å². The van der Waals surface area contributed by atoms with Crippen LogP contribution in [0.15, 0.2) is 24.3 Å². The molecular formula is C18H24N6O. The lowest BCUT2D eigenvalue weighted by atomic mass is 9.87. The van der Waals surface area contributed by atoms with E-state index in [1.54, 1.807) is 4.68 Å². The second-order valence-electron chi connectivity index (χ2n) is 7.16. The summed E-state index contributed by atoms with van der Waals surface area (Å²) in [6.45, 7) is 7.50. The number of hydrogen-bond donors (Lipinski definition) is 2. The van der Waals surface area contributed by atoms with Crippen LogP contribution in [-0.2, 0) is 0 Å². The molecule has 1 aromatic carbocycles. The molecule has 1 spiro atoms. The van der Waals surface area contributed by atoms with E-state index in [1.807, 2.05) is 43.0 Å². The fraction of sp³-hybridized carbons (Fsp3) is 0.500. The largest absolute Gasteiger partial charge is 0.324 e. The Balaban J connectivity index is 1.53. The predicted octanol–water partition coefficient (Wildman–Crippen LogP) is 2.10. The highest BCUT2D eigenvalue weighted by atomic mass is 16.2. The molecule has 2 saturated heterocycles. The van der Waals surface area contributed by atoms with Crippen LogP contribution in [0.3, 0.4) is 0 Å². The minimum absolute atomic E-state index is 0.0364. The van der Waals surface area contributed by atoms with E-state index in [9.17, 15) is 4.79 Å². The number of anilines is 1. The number of benzene rings is 1. The van der Waals surface area contributed by atoms with Gasteiger partial charge in [0.15, 0.2) is 0 Å². The van der Waals surface area contributed by atoms with Gasteiger partial charge in [-0.25, -0.2) is 14.5 Å². The highest BCUT2D eigenvalue weighted by Gasteiger charge is 2.41. The molecule has 2 N–H and O–H groups in total. The van der Waals surface area contributed by atoms with Crippen LogP contribution in [0.4, 0.5) is 10.5 Å². The average Bonchev–Trinajstić information content (AvgIpc) is 3.30. The Morgan fingerprint density at radius 3 is 2.84 bits per heavy atom. The van der Waals surface area contributed by atoms with E-state index in [1.165, 1.54) is 0 Å². The van der Waals surface area contributed by atoms with Gasteiger partial charge in [0.05, 0.1) is 11.4 Å². The van der Waals surface area contributed by atoms with Crippen molar-refractivity contribution in [2.24, 2.45) is 5.41 Å². The fourth-order valence-electron chi connectivity index (χ4n) is 3.96. The maximum absolute atomic E-state index is 12.8. The molecule has 2 fully saturated rings. The molecule has 2 aliphatic heterocycles. The molecule has 132 valence electrons. The standard InChI is InChI=1S/C18H24N6O/c1-13-20-14(2)24(22-13)16-6-4-3-5-15(16)21-17(25)23-10-8-18(12-23)7-9-19-11-18/h3-6,19H,7-12H2,1-2H3,(H,21,25). The molecule has 1 atom stereocenters. The zero-order chi connectivity index (χ0) is 17.4. The van der Waals surface area contributed by atoms with E-state index < -0.39 is 0 Å². The molecule has 0 saturated carbocycles. The van der Waals surface area contributed by atoms with Gasteiger partial charge in [-0.2, -0.15) is 5.10 Å². The lowest BCUT2D eigenvalue weighted by Crippen LogP contribution is -2.36. The Morgan fingerprint density at radius 2 is 2.12 bits per heavy atom. The molecule has 2 aromatic rings. The van der Waals surface area contributed by atoms with Gasteiger partial charge in [0.25, 0.3) is 0 Å². The maximum Gasteiger partial charge on any atom is 0.321 e. The fourth-order valence-corrected chi connectivity index (χ4v) is 3.96. The Labute approximate surface area is 147 Å². The van der Waals surface area contributed by atoms with Crippen LogP contribution in [0.2, 0.25) is 0 Å². The molecule has 1 aromatic heterocycles. The number of nitrogens with one attached hydrogen (secondary N) is 2. The van der Waals surface area contributed by atoms with Gasteiger partial charge in [-0.05, 0) is 45.4 Å². The zero-order valence-corrected chi connectivity index (χ0v) is 14.7. The first-order valence-electron chi connectivity index (χ1n) is 8.83. The van der Waals surface area contributed by atoms with Gasteiger partial charge >= 0.3 is 6.03 Å². The number of carbonyl (C=O) groups excluding carboxylic acids is 1. The molecule has 0 aliphatic carbocycles. The van der Waals surface area contributed by atoms with Crippen molar-refractivity contribution >= 4 is 11.7 Å². The van der Waals surface area contributed by atoms with Crippen molar-refractivity contribution < 1.29 is 4.79 Å². The van der Waals surface area contributed by atoms with Gasteiger partial charge in [0, 0.05) is 25.0 Å². The van der Waals surface area contributed by atoms with Crippen molar-refractivity contribution in [2.75, 3.05) is 31.5 Å². The SMILES string of the molecule is Cc1nc(C)n(-c2ccccc2NC(=O)N2CCC3(CCNC3)C2)n1. The third kappa shape index (κ3) is 3.00. The van der Waals surface area contributed by atoms with Gasteiger partial charge in [0.2, 0.25) is 0 Å². The Kier molecular flexibility index (Phi) is 3.95. The van der Waals surface area contributed by atoms with Crippen LogP contribution >= 0.6 is 0 Å². The summed E-state index contributed by atoms with van der Waals surface area (Å²) in [6, 6.07) is 7.68. The topological polar surface area (TPSA) is 75.1 Å². The molecule has 0 bridgehead atoms. The molecule has 7 heteroatoms. The number of aromatic nitrogens is 3. The van der Waals surface area contributed by atoms with Gasteiger partial charge in [-0.3, -0.25) is 0 Å². The number of nitrogens with zero attached hydrogens (tertiary/aromatic N) is 4. The van der Waals surface area contributed by atoms with E-state index in [0.717, 1.165) is 56.2 Å². The van der Waals surface area contributed by atoms with E-state index >= 15 is 0 Å². The summed E-state index contributed by atoms with van der Waals surface area (Å²) in [5.74, 6) is 1.52. The smallest absolute Gasteiger partial charge is 0.321 e. The summed E-state index contributed by atoms with van der Waals surface area (Å²) in [4.78, 5) is 19.1. The molecule has 2 aliphatic rings. The molecule has 25 heavy (non-hydrogen) atoms. The molecule has 1 unspecified atom stereocenters. The summed E-state index contributed by atoms with van der Waals surface area (Å²) in [6.07, 6.45) is 2.24.